The number of fused-ring (bicyclic) bond motifs is 10. The highest BCUT2D eigenvalue weighted by Crippen LogP contribution is 2.64. The Morgan fingerprint density at radius 3 is 1.58 bits per heavy atom. The topological polar surface area (TPSA) is 49.6 Å². The van der Waals surface area contributed by atoms with Crippen LogP contribution in [-0.4, -0.2) is 9.97 Å². The fourth-order valence-electron chi connectivity index (χ4n) is 9.92. The number of hydrogen-bond donors (Lipinski definition) is 0. The van der Waals surface area contributed by atoms with E-state index < -0.39 is 5.41 Å². The second-order valence-corrected chi connectivity index (χ2v) is 17.0. The molecule has 10 aromatic rings. The maximum Gasteiger partial charge on any atom is 0.160 e. The average Bonchev–Trinajstić information content (AvgIpc) is 3.64. The van der Waals surface area contributed by atoms with Crippen molar-refractivity contribution < 1.29 is 0 Å². The van der Waals surface area contributed by atoms with Gasteiger partial charge in [0.05, 0.1) is 28.4 Å². The summed E-state index contributed by atoms with van der Waals surface area (Å²) in [6.07, 6.45) is 0. The standard InChI is InChI=1S/C58H35N3S/c59-36-37-26-28-38(29-27-37)42-31-32-45(44-19-8-7-18-43(42)44)46-20-13-23-51-56(46)47-34-41(57-60-52(39-14-3-1-4-15-39)35-53(61-57)40-16-5-2-6-17-40)30-33-48(47)58(51)49-21-9-11-24-54(49)62-55-25-12-10-22-50(55)58/h1-35H. The Labute approximate surface area is 364 Å². The molecule has 288 valence electrons. The first-order valence-corrected chi connectivity index (χ1v) is 21.7. The van der Waals surface area contributed by atoms with Crippen LogP contribution in [0.4, 0.5) is 0 Å². The van der Waals surface area contributed by atoms with Crippen molar-refractivity contribution in [2.24, 2.45) is 0 Å². The molecule has 0 radical (unpaired) electrons. The van der Waals surface area contributed by atoms with Crippen LogP contribution in [0, 0.1) is 11.3 Å². The number of benzene rings is 9. The third-order valence-corrected chi connectivity index (χ3v) is 13.8. The van der Waals surface area contributed by atoms with E-state index >= 15 is 0 Å². The predicted octanol–water partition coefficient (Wildman–Crippen LogP) is 14.7. The lowest BCUT2D eigenvalue weighted by atomic mass is 9.67. The fourth-order valence-corrected chi connectivity index (χ4v) is 11.1. The summed E-state index contributed by atoms with van der Waals surface area (Å²) in [5.74, 6) is 0.685. The molecule has 1 spiro atoms. The van der Waals surface area contributed by atoms with E-state index in [1.807, 2.05) is 36.0 Å². The van der Waals surface area contributed by atoms with E-state index in [9.17, 15) is 5.26 Å². The van der Waals surface area contributed by atoms with Crippen molar-refractivity contribution in [1.29, 1.82) is 5.26 Å². The summed E-state index contributed by atoms with van der Waals surface area (Å²) >= 11 is 1.86. The molecule has 0 saturated carbocycles. The van der Waals surface area contributed by atoms with E-state index in [1.165, 1.54) is 65.1 Å². The van der Waals surface area contributed by atoms with Crippen LogP contribution in [0.2, 0.25) is 0 Å². The van der Waals surface area contributed by atoms with Gasteiger partial charge in [-0.3, -0.25) is 0 Å². The Balaban J connectivity index is 1.15. The maximum absolute atomic E-state index is 9.52. The highest BCUT2D eigenvalue weighted by Gasteiger charge is 2.51. The van der Waals surface area contributed by atoms with Gasteiger partial charge in [-0.05, 0) is 103 Å². The van der Waals surface area contributed by atoms with Gasteiger partial charge in [-0.1, -0.05) is 188 Å². The first-order chi connectivity index (χ1) is 30.7. The Kier molecular flexibility index (Phi) is 8.38. The van der Waals surface area contributed by atoms with Gasteiger partial charge in [0.25, 0.3) is 0 Å². The van der Waals surface area contributed by atoms with E-state index in [1.54, 1.807) is 0 Å². The van der Waals surface area contributed by atoms with Gasteiger partial charge in [0, 0.05) is 26.5 Å². The number of nitrogens with zero attached hydrogens (tertiary/aromatic N) is 3. The quantitative estimate of drug-likeness (QED) is 0.174. The molecule has 2 heterocycles. The molecule has 0 N–H and O–H groups in total. The van der Waals surface area contributed by atoms with Gasteiger partial charge in [0.2, 0.25) is 0 Å². The molecule has 3 nitrogen and oxygen atoms in total. The van der Waals surface area contributed by atoms with Gasteiger partial charge in [0.15, 0.2) is 5.82 Å². The fraction of sp³-hybridized carbons (Fsp3) is 0.0172. The molecule has 0 saturated heterocycles. The van der Waals surface area contributed by atoms with Gasteiger partial charge in [0.1, 0.15) is 0 Å². The van der Waals surface area contributed by atoms with Crippen LogP contribution in [0.5, 0.6) is 0 Å². The average molecular weight is 806 g/mol. The van der Waals surface area contributed by atoms with Crippen LogP contribution < -0.4 is 0 Å². The van der Waals surface area contributed by atoms with Crippen molar-refractivity contribution in [3.05, 3.63) is 240 Å². The summed E-state index contributed by atoms with van der Waals surface area (Å²) in [5, 5.41) is 11.9. The second-order valence-electron chi connectivity index (χ2n) is 15.9. The van der Waals surface area contributed by atoms with Crippen molar-refractivity contribution in [1.82, 2.24) is 9.97 Å². The summed E-state index contributed by atoms with van der Waals surface area (Å²) in [4.78, 5) is 13.1. The Bertz CT molecular complexity index is 3340. The number of hydrogen-bond acceptors (Lipinski definition) is 4. The zero-order valence-electron chi connectivity index (χ0n) is 33.5. The van der Waals surface area contributed by atoms with Crippen molar-refractivity contribution in [2.45, 2.75) is 15.2 Å². The Hall–Kier alpha value is -7.84. The molecule has 1 aliphatic carbocycles. The summed E-state index contributed by atoms with van der Waals surface area (Å²) in [5.41, 5.74) is 17.0. The molecule has 0 unspecified atom stereocenters. The highest BCUT2D eigenvalue weighted by molar-refractivity contribution is 7.99. The van der Waals surface area contributed by atoms with E-state index in [0.717, 1.165) is 39.2 Å². The monoisotopic (exact) mass is 805 g/mol. The van der Waals surface area contributed by atoms with Crippen LogP contribution in [0.3, 0.4) is 0 Å². The van der Waals surface area contributed by atoms with Crippen LogP contribution >= 0.6 is 11.8 Å². The summed E-state index contributed by atoms with van der Waals surface area (Å²) in [6.45, 7) is 0. The zero-order chi connectivity index (χ0) is 41.2. The lowest BCUT2D eigenvalue weighted by molar-refractivity contribution is 0.722. The molecule has 2 aliphatic rings. The first-order valence-electron chi connectivity index (χ1n) is 20.9. The second kappa shape index (κ2) is 14.4. The van der Waals surface area contributed by atoms with E-state index in [-0.39, 0.29) is 0 Å². The van der Waals surface area contributed by atoms with Crippen LogP contribution in [-0.2, 0) is 5.41 Å². The van der Waals surface area contributed by atoms with Gasteiger partial charge in [-0.15, -0.1) is 0 Å². The minimum atomic E-state index is -0.558. The molecule has 1 aliphatic heterocycles. The predicted molar refractivity (Wildman–Crippen MR) is 253 cm³/mol. The van der Waals surface area contributed by atoms with Crippen molar-refractivity contribution >= 4 is 22.5 Å². The third kappa shape index (κ3) is 5.53. The number of nitriles is 1. The maximum atomic E-state index is 9.52. The molecular formula is C58H35N3S. The molecule has 62 heavy (non-hydrogen) atoms. The van der Waals surface area contributed by atoms with E-state index in [2.05, 4.69) is 194 Å². The minimum Gasteiger partial charge on any atom is -0.228 e. The molecule has 9 aromatic carbocycles. The zero-order valence-corrected chi connectivity index (χ0v) is 34.3. The smallest absolute Gasteiger partial charge is 0.160 e. The van der Waals surface area contributed by atoms with E-state index in [0.29, 0.717) is 11.4 Å². The normalized spacial score (nSPS) is 12.9. The van der Waals surface area contributed by atoms with Crippen molar-refractivity contribution in [2.75, 3.05) is 0 Å². The van der Waals surface area contributed by atoms with Gasteiger partial charge in [-0.2, -0.15) is 5.26 Å². The molecule has 0 atom stereocenters. The molecular weight excluding hydrogens is 771 g/mol. The van der Waals surface area contributed by atoms with Crippen molar-refractivity contribution in [3.63, 3.8) is 0 Å². The Morgan fingerprint density at radius 2 is 0.935 bits per heavy atom. The highest BCUT2D eigenvalue weighted by atomic mass is 32.2. The van der Waals surface area contributed by atoms with Crippen LogP contribution in [0.1, 0.15) is 27.8 Å². The summed E-state index contributed by atoms with van der Waals surface area (Å²) < 4.78 is 0. The molecule has 0 bridgehead atoms. The van der Waals surface area contributed by atoms with Crippen LogP contribution in [0.25, 0.3) is 78.1 Å². The van der Waals surface area contributed by atoms with Gasteiger partial charge >= 0.3 is 0 Å². The lowest BCUT2D eigenvalue weighted by Crippen LogP contribution is -2.31. The van der Waals surface area contributed by atoms with Gasteiger partial charge in [-0.25, -0.2) is 9.97 Å². The number of rotatable bonds is 5. The summed E-state index contributed by atoms with van der Waals surface area (Å²) in [6, 6.07) is 78.1. The molecule has 4 heteroatoms. The third-order valence-electron chi connectivity index (χ3n) is 12.6. The van der Waals surface area contributed by atoms with E-state index in [4.69, 9.17) is 9.97 Å². The molecule has 12 rings (SSSR count). The molecule has 0 amide bonds. The first kappa shape index (κ1) is 36.0. The lowest BCUT2D eigenvalue weighted by Gasteiger charge is -2.39. The summed E-state index contributed by atoms with van der Waals surface area (Å²) in [7, 11) is 0. The Morgan fingerprint density at radius 1 is 0.387 bits per heavy atom. The van der Waals surface area contributed by atoms with Gasteiger partial charge < -0.3 is 0 Å². The SMILES string of the molecule is N#Cc1ccc(-c2ccc(-c3cccc4c3-c3cc(-c5nc(-c6ccccc6)cc(-c6ccccc6)n5)ccc3C43c4ccccc4Sc4ccccc43)c3ccccc23)cc1. The largest absolute Gasteiger partial charge is 0.228 e. The number of aromatic nitrogens is 2. The minimum absolute atomic E-state index is 0.558. The van der Waals surface area contributed by atoms with Crippen molar-refractivity contribution in [3.8, 4) is 73.4 Å². The molecule has 1 aromatic heterocycles. The van der Waals surface area contributed by atoms with Crippen LogP contribution in [0.15, 0.2) is 222 Å². The molecule has 0 fully saturated rings.